The van der Waals surface area contributed by atoms with E-state index in [1.54, 1.807) is 18.3 Å². The number of pyridine rings is 1. The predicted molar refractivity (Wildman–Crippen MR) is 96.5 cm³/mol. The van der Waals surface area contributed by atoms with Crippen LogP contribution in [0.5, 0.6) is 0 Å². The van der Waals surface area contributed by atoms with Gasteiger partial charge in [0.2, 0.25) is 0 Å². The summed E-state index contributed by atoms with van der Waals surface area (Å²) >= 11 is 0. The minimum atomic E-state index is -0.216. The van der Waals surface area contributed by atoms with Gasteiger partial charge in [-0.1, -0.05) is 32.4 Å². The Morgan fingerprint density at radius 1 is 1.31 bits per heavy atom. The molecule has 2 atom stereocenters. The van der Waals surface area contributed by atoms with Crippen molar-refractivity contribution in [3.05, 3.63) is 54.0 Å². The quantitative estimate of drug-likeness (QED) is 0.576. The lowest BCUT2D eigenvalue weighted by Crippen LogP contribution is -2.33. The van der Waals surface area contributed by atoms with Crippen LogP contribution in [-0.4, -0.2) is 35.9 Å². The van der Waals surface area contributed by atoms with Crippen molar-refractivity contribution in [2.75, 3.05) is 0 Å². The Hall–Kier alpha value is -3.29. The van der Waals surface area contributed by atoms with Crippen LogP contribution in [0.3, 0.4) is 0 Å². The molecule has 0 radical (unpaired) electrons. The number of para-hydroxylation sites is 2. The largest absolute Gasteiger partial charge is 0.342 e. The number of benzene rings is 1. The van der Waals surface area contributed by atoms with Gasteiger partial charge in [0.05, 0.1) is 17.1 Å². The number of fused-ring (bicyclic) bond motifs is 2. The smallest absolute Gasteiger partial charge is 0.252 e. The molecule has 0 spiro atoms. The van der Waals surface area contributed by atoms with Crippen LogP contribution < -0.4 is 5.32 Å². The molecule has 0 unspecified atom stereocenters. The molecule has 8 nitrogen and oxygen atoms in total. The van der Waals surface area contributed by atoms with Crippen molar-refractivity contribution in [3.63, 3.8) is 0 Å². The molecule has 3 aromatic heterocycles. The molecule has 8 heteroatoms. The maximum atomic E-state index is 12.8. The van der Waals surface area contributed by atoms with Crippen molar-refractivity contribution in [1.29, 1.82) is 0 Å². The zero-order valence-electron chi connectivity index (χ0n) is 14.5. The first-order chi connectivity index (χ1) is 12.7. The Labute approximate surface area is 149 Å². The van der Waals surface area contributed by atoms with Gasteiger partial charge in [-0.2, -0.15) is 0 Å². The van der Waals surface area contributed by atoms with Gasteiger partial charge in [0.15, 0.2) is 5.65 Å². The molecule has 4 rings (SSSR count). The molecule has 132 valence electrons. The SMILES string of the molecule is CC[C@H](C)[C@@H](NC(=O)c1ccn2nnnc2c1)c1nc2ccccc2[nH]1. The van der Waals surface area contributed by atoms with E-state index >= 15 is 0 Å². The molecule has 1 amide bonds. The number of tetrazole rings is 1. The summed E-state index contributed by atoms with van der Waals surface area (Å²) < 4.78 is 1.52. The highest BCUT2D eigenvalue weighted by Crippen LogP contribution is 2.25. The van der Waals surface area contributed by atoms with Crippen molar-refractivity contribution >= 4 is 22.6 Å². The second-order valence-electron chi connectivity index (χ2n) is 6.37. The van der Waals surface area contributed by atoms with E-state index in [4.69, 9.17) is 0 Å². The first-order valence-corrected chi connectivity index (χ1v) is 8.59. The second-order valence-corrected chi connectivity index (χ2v) is 6.37. The molecular formula is C18H19N7O. The Morgan fingerprint density at radius 3 is 2.96 bits per heavy atom. The summed E-state index contributed by atoms with van der Waals surface area (Å²) in [6.45, 7) is 4.20. The predicted octanol–water partition coefficient (Wildman–Crippen LogP) is 2.52. The van der Waals surface area contributed by atoms with E-state index in [2.05, 4.69) is 44.7 Å². The minimum absolute atomic E-state index is 0.179. The summed E-state index contributed by atoms with van der Waals surface area (Å²) in [5.74, 6) is 0.804. The number of imidazole rings is 1. The Bertz CT molecular complexity index is 1030. The van der Waals surface area contributed by atoms with Crippen molar-refractivity contribution < 1.29 is 4.79 Å². The monoisotopic (exact) mass is 349 g/mol. The average molecular weight is 349 g/mol. The maximum absolute atomic E-state index is 12.8. The van der Waals surface area contributed by atoms with E-state index in [1.807, 2.05) is 24.3 Å². The normalized spacial score (nSPS) is 13.8. The summed E-state index contributed by atoms with van der Waals surface area (Å²) in [7, 11) is 0. The standard InChI is InChI=1S/C18H19N7O/c1-3-11(2)16(17-19-13-6-4-5-7-14(13)20-17)21-18(26)12-8-9-25-15(10-12)22-23-24-25/h4-11,16H,3H2,1-2H3,(H,19,20)(H,21,26)/t11-,16+/m0/s1. The van der Waals surface area contributed by atoms with E-state index in [0.717, 1.165) is 23.3 Å². The van der Waals surface area contributed by atoms with Crippen LogP contribution in [0.4, 0.5) is 0 Å². The molecule has 0 aliphatic rings. The molecule has 26 heavy (non-hydrogen) atoms. The Kier molecular flexibility index (Phi) is 4.08. The maximum Gasteiger partial charge on any atom is 0.252 e. The Morgan fingerprint density at radius 2 is 2.15 bits per heavy atom. The van der Waals surface area contributed by atoms with Gasteiger partial charge in [-0.15, -0.1) is 5.10 Å². The van der Waals surface area contributed by atoms with Crippen LogP contribution in [0.2, 0.25) is 0 Å². The lowest BCUT2D eigenvalue weighted by Gasteiger charge is -2.22. The van der Waals surface area contributed by atoms with Gasteiger partial charge in [-0.25, -0.2) is 9.50 Å². The number of amides is 1. The summed E-state index contributed by atoms with van der Waals surface area (Å²) in [5, 5.41) is 14.4. The molecule has 0 saturated carbocycles. The summed E-state index contributed by atoms with van der Waals surface area (Å²) in [6, 6.07) is 11.0. The van der Waals surface area contributed by atoms with Gasteiger partial charge in [0, 0.05) is 11.8 Å². The highest BCUT2D eigenvalue weighted by Gasteiger charge is 2.24. The number of rotatable bonds is 5. The third kappa shape index (κ3) is 2.90. The zero-order valence-corrected chi connectivity index (χ0v) is 14.5. The highest BCUT2D eigenvalue weighted by molar-refractivity contribution is 5.95. The number of carbonyl (C=O) groups excluding carboxylic acids is 1. The van der Waals surface area contributed by atoms with E-state index in [0.29, 0.717) is 11.2 Å². The van der Waals surface area contributed by atoms with E-state index in [-0.39, 0.29) is 17.9 Å². The van der Waals surface area contributed by atoms with Crippen LogP contribution in [0, 0.1) is 5.92 Å². The van der Waals surface area contributed by atoms with E-state index < -0.39 is 0 Å². The lowest BCUT2D eigenvalue weighted by atomic mass is 9.98. The molecule has 0 saturated heterocycles. The van der Waals surface area contributed by atoms with Gasteiger partial charge < -0.3 is 10.3 Å². The van der Waals surface area contributed by atoms with Gasteiger partial charge in [-0.3, -0.25) is 4.79 Å². The number of nitrogens with zero attached hydrogens (tertiary/aromatic N) is 5. The number of carbonyl (C=O) groups is 1. The number of hydrogen-bond acceptors (Lipinski definition) is 5. The van der Waals surface area contributed by atoms with Gasteiger partial charge >= 0.3 is 0 Å². The molecule has 0 fully saturated rings. The fourth-order valence-corrected chi connectivity index (χ4v) is 2.94. The van der Waals surface area contributed by atoms with Crippen LogP contribution in [0.25, 0.3) is 16.7 Å². The first kappa shape index (κ1) is 16.2. The Balaban J connectivity index is 1.64. The summed E-state index contributed by atoms with van der Waals surface area (Å²) in [6.07, 6.45) is 2.58. The summed E-state index contributed by atoms with van der Waals surface area (Å²) in [5.41, 5.74) is 2.89. The van der Waals surface area contributed by atoms with Crippen molar-refractivity contribution in [2.24, 2.45) is 5.92 Å². The number of aromatic amines is 1. The van der Waals surface area contributed by atoms with Crippen LogP contribution in [0.15, 0.2) is 42.6 Å². The lowest BCUT2D eigenvalue weighted by molar-refractivity contribution is 0.0920. The third-order valence-electron chi connectivity index (χ3n) is 4.66. The van der Waals surface area contributed by atoms with Gasteiger partial charge in [0.25, 0.3) is 5.91 Å². The number of nitrogens with one attached hydrogen (secondary N) is 2. The third-order valence-corrected chi connectivity index (χ3v) is 4.66. The first-order valence-electron chi connectivity index (χ1n) is 8.59. The van der Waals surface area contributed by atoms with E-state index in [9.17, 15) is 4.79 Å². The van der Waals surface area contributed by atoms with Gasteiger partial charge in [-0.05, 0) is 40.6 Å². The van der Waals surface area contributed by atoms with Crippen molar-refractivity contribution in [1.82, 2.24) is 35.3 Å². The average Bonchev–Trinajstić information content (AvgIpc) is 3.30. The number of aromatic nitrogens is 6. The molecule has 0 aliphatic carbocycles. The molecule has 0 aliphatic heterocycles. The molecule has 1 aromatic carbocycles. The fraction of sp³-hybridized carbons (Fsp3) is 0.278. The fourth-order valence-electron chi connectivity index (χ4n) is 2.94. The molecule has 3 heterocycles. The number of hydrogen-bond donors (Lipinski definition) is 2. The van der Waals surface area contributed by atoms with Crippen LogP contribution in [0.1, 0.15) is 42.5 Å². The number of H-pyrrole nitrogens is 1. The van der Waals surface area contributed by atoms with Crippen LogP contribution in [-0.2, 0) is 0 Å². The topological polar surface area (TPSA) is 101 Å². The van der Waals surface area contributed by atoms with Crippen LogP contribution >= 0.6 is 0 Å². The minimum Gasteiger partial charge on any atom is -0.342 e. The van der Waals surface area contributed by atoms with Gasteiger partial charge in [0.1, 0.15) is 5.82 Å². The summed E-state index contributed by atoms with van der Waals surface area (Å²) in [4.78, 5) is 20.8. The second kappa shape index (κ2) is 6.55. The molecule has 4 aromatic rings. The van der Waals surface area contributed by atoms with E-state index in [1.165, 1.54) is 4.52 Å². The molecule has 0 bridgehead atoms. The molecular weight excluding hydrogens is 330 g/mol. The van der Waals surface area contributed by atoms with Crippen molar-refractivity contribution in [3.8, 4) is 0 Å². The van der Waals surface area contributed by atoms with Crippen molar-refractivity contribution in [2.45, 2.75) is 26.3 Å². The highest BCUT2D eigenvalue weighted by atomic mass is 16.1. The molecule has 2 N–H and O–H groups in total. The zero-order chi connectivity index (χ0) is 18.1.